The number of benzene rings is 3. The summed E-state index contributed by atoms with van der Waals surface area (Å²) in [6, 6.07) is 21.2. The number of methoxy groups -OCH3 is 1. The van der Waals surface area contributed by atoms with Gasteiger partial charge in [0.1, 0.15) is 11.6 Å². The number of sulfonamides is 1. The average Bonchev–Trinajstić information content (AvgIpc) is 2.99. The van der Waals surface area contributed by atoms with Crippen LogP contribution in [0.3, 0.4) is 0 Å². The number of aromatic nitrogens is 1. The number of hydrogen-bond acceptors (Lipinski definition) is 7. The van der Waals surface area contributed by atoms with E-state index in [1.807, 2.05) is 30.3 Å². The predicted octanol–water partition coefficient (Wildman–Crippen LogP) is 5.12. The third-order valence-electron chi connectivity index (χ3n) is 7.23. The quantitative estimate of drug-likeness (QED) is 0.275. The highest BCUT2D eigenvalue weighted by molar-refractivity contribution is 7.89. The topological polar surface area (TPSA) is 118 Å². The van der Waals surface area contributed by atoms with E-state index in [9.17, 15) is 17.6 Å². The van der Waals surface area contributed by atoms with E-state index in [2.05, 4.69) is 4.98 Å². The molecule has 0 spiro atoms. The second kappa shape index (κ2) is 11.9. The Morgan fingerprint density at radius 2 is 1.71 bits per heavy atom. The molecule has 4 aromatic rings. The van der Waals surface area contributed by atoms with Gasteiger partial charge in [-0.1, -0.05) is 42.5 Å². The van der Waals surface area contributed by atoms with Crippen LogP contribution in [0.2, 0.25) is 0 Å². The molecular weight excluding hydrogens is 547 g/mol. The van der Waals surface area contributed by atoms with Crippen LogP contribution in [0.15, 0.2) is 90.0 Å². The normalized spacial score (nSPS) is 14.9. The monoisotopic (exact) mass is 576 g/mol. The minimum absolute atomic E-state index is 0.0529. The van der Waals surface area contributed by atoms with Gasteiger partial charge in [-0.25, -0.2) is 17.9 Å². The van der Waals surface area contributed by atoms with E-state index in [1.165, 1.54) is 30.5 Å². The number of Topliss-reactive ketones (excluding diaryl/α,β-unsaturated/α-hetero) is 1. The molecule has 0 atom stereocenters. The van der Waals surface area contributed by atoms with Crippen molar-refractivity contribution in [2.75, 3.05) is 26.9 Å². The second-order valence-electron chi connectivity index (χ2n) is 9.72. The van der Waals surface area contributed by atoms with Crippen LogP contribution in [0.4, 0.5) is 4.39 Å². The van der Waals surface area contributed by atoms with Crippen molar-refractivity contribution in [1.82, 2.24) is 4.98 Å². The number of rotatable bonds is 9. The lowest BCUT2D eigenvalue weighted by Crippen LogP contribution is -2.35. The van der Waals surface area contributed by atoms with Gasteiger partial charge in [0.15, 0.2) is 6.61 Å². The number of ketones is 1. The molecule has 0 saturated carbocycles. The number of hydrogen-bond donors (Lipinski definition) is 1. The fourth-order valence-corrected chi connectivity index (χ4v) is 5.58. The van der Waals surface area contributed by atoms with Gasteiger partial charge in [-0.15, -0.1) is 0 Å². The van der Waals surface area contributed by atoms with Crippen molar-refractivity contribution in [2.45, 2.75) is 23.3 Å². The molecule has 0 bridgehead atoms. The largest absolute Gasteiger partial charge is 0.485 e. The number of carbonyl (C=O) groups is 1. The number of ether oxygens (including phenoxy) is 3. The molecule has 212 valence electrons. The van der Waals surface area contributed by atoms with Gasteiger partial charge in [-0.05, 0) is 41.5 Å². The minimum Gasteiger partial charge on any atom is -0.485 e. The maximum atomic E-state index is 14.7. The summed E-state index contributed by atoms with van der Waals surface area (Å²) < 4.78 is 55.4. The lowest BCUT2D eigenvalue weighted by Gasteiger charge is -2.36. The molecule has 0 radical (unpaired) electrons. The van der Waals surface area contributed by atoms with Gasteiger partial charge < -0.3 is 14.2 Å². The van der Waals surface area contributed by atoms with Crippen molar-refractivity contribution in [3.05, 3.63) is 102 Å². The molecule has 5 rings (SSSR count). The van der Waals surface area contributed by atoms with E-state index < -0.39 is 21.4 Å². The summed E-state index contributed by atoms with van der Waals surface area (Å²) >= 11 is 0. The summed E-state index contributed by atoms with van der Waals surface area (Å²) in [5.74, 6) is -0.667. The van der Waals surface area contributed by atoms with Gasteiger partial charge in [0.05, 0.1) is 16.2 Å². The molecule has 1 aliphatic rings. The Morgan fingerprint density at radius 3 is 2.37 bits per heavy atom. The van der Waals surface area contributed by atoms with Crippen molar-refractivity contribution in [3.8, 4) is 28.1 Å². The first-order chi connectivity index (χ1) is 19.7. The average molecular weight is 577 g/mol. The Morgan fingerprint density at radius 1 is 1.00 bits per heavy atom. The van der Waals surface area contributed by atoms with Crippen molar-refractivity contribution in [3.63, 3.8) is 0 Å². The Hall–Kier alpha value is -3.96. The molecule has 41 heavy (non-hydrogen) atoms. The highest BCUT2D eigenvalue weighted by Crippen LogP contribution is 2.38. The molecule has 0 unspecified atom stereocenters. The van der Waals surface area contributed by atoms with E-state index in [0.717, 1.165) is 5.56 Å². The molecule has 10 heteroatoms. The maximum absolute atomic E-state index is 14.7. The van der Waals surface area contributed by atoms with Crippen molar-refractivity contribution in [2.24, 2.45) is 5.14 Å². The Bertz CT molecular complexity index is 1650. The summed E-state index contributed by atoms with van der Waals surface area (Å²) in [4.78, 5) is 18.1. The summed E-state index contributed by atoms with van der Waals surface area (Å²) in [5, 5.41) is 5.27. The molecule has 1 aliphatic heterocycles. The van der Waals surface area contributed by atoms with Crippen LogP contribution in [-0.4, -0.2) is 46.1 Å². The van der Waals surface area contributed by atoms with Gasteiger partial charge in [0, 0.05) is 62.1 Å². The van der Waals surface area contributed by atoms with E-state index in [-0.39, 0.29) is 23.0 Å². The van der Waals surface area contributed by atoms with Crippen molar-refractivity contribution in [1.29, 1.82) is 0 Å². The summed E-state index contributed by atoms with van der Waals surface area (Å²) in [6.07, 6.45) is 2.67. The highest BCUT2D eigenvalue weighted by atomic mass is 32.2. The van der Waals surface area contributed by atoms with E-state index in [1.54, 1.807) is 31.4 Å². The van der Waals surface area contributed by atoms with Gasteiger partial charge in [0.2, 0.25) is 15.8 Å². The van der Waals surface area contributed by atoms with Crippen molar-refractivity contribution >= 4 is 15.8 Å². The van der Waals surface area contributed by atoms with Crippen LogP contribution in [0, 0.1) is 5.82 Å². The van der Waals surface area contributed by atoms with Gasteiger partial charge in [0.25, 0.3) is 0 Å². The van der Waals surface area contributed by atoms with Crippen LogP contribution in [0.5, 0.6) is 5.75 Å². The molecule has 0 amide bonds. The molecule has 3 aromatic carbocycles. The molecule has 2 heterocycles. The number of halogens is 1. The number of nitrogens with two attached hydrogens (primary N) is 1. The Balaban J connectivity index is 1.49. The highest BCUT2D eigenvalue weighted by Gasteiger charge is 2.35. The van der Waals surface area contributed by atoms with Crippen molar-refractivity contribution < 1.29 is 31.8 Å². The SMILES string of the molecule is COC1(c2cc(F)cc(OCC(=O)c3ccnc(-c4ccccc4)c3-c3ccc(S(N)(=O)=O)cc3)c2)CCOCC1. The fraction of sp³-hybridized carbons (Fsp3) is 0.226. The number of nitrogens with zero attached hydrogens (tertiary/aromatic N) is 1. The van der Waals surface area contributed by atoms with E-state index in [0.29, 0.717) is 54.0 Å². The predicted molar refractivity (Wildman–Crippen MR) is 151 cm³/mol. The van der Waals surface area contributed by atoms with Crippen LogP contribution < -0.4 is 9.88 Å². The minimum atomic E-state index is -3.90. The lowest BCUT2D eigenvalue weighted by molar-refractivity contribution is -0.0950. The standard InChI is InChI=1S/C31H29FN2O6S/c1-38-31(12-15-39-16-13-31)23-17-24(32)19-25(18-23)40-20-28(35)27-11-14-34-30(22-5-3-2-4-6-22)29(27)21-7-9-26(10-8-21)41(33,36)37/h2-11,14,17-19H,12-13,15-16,20H2,1H3,(H2,33,36,37). The fourth-order valence-electron chi connectivity index (χ4n) is 5.06. The van der Waals surface area contributed by atoms with Crippen LogP contribution in [0.1, 0.15) is 28.8 Å². The third kappa shape index (κ3) is 6.20. The first kappa shape index (κ1) is 28.6. The van der Waals surface area contributed by atoms with Crippen LogP contribution in [0.25, 0.3) is 22.4 Å². The Kier molecular flexibility index (Phi) is 8.27. The number of primary sulfonamides is 1. The number of pyridine rings is 1. The third-order valence-corrected chi connectivity index (χ3v) is 8.16. The summed E-state index contributed by atoms with van der Waals surface area (Å²) in [5.41, 5.74) is 2.62. The molecule has 1 saturated heterocycles. The zero-order chi connectivity index (χ0) is 29.0. The molecular formula is C31H29FN2O6S. The van der Waals surface area contributed by atoms with Gasteiger partial charge >= 0.3 is 0 Å². The molecule has 2 N–H and O–H groups in total. The molecule has 8 nitrogen and oxygen atoms in total. The molecule has 1 aromatic heterocycles. The molecule has 1 fully saturated rings. The van der Waals surface area contributed by atoms with E-state index >= 15 is 0 Å². The summed E-state index contributed by atoms with van der Waals surface area (Å²) in [6.45, 7) is 0.615. The number of carbonyl (C=O) groups excluding carboxylic acids is 1. The van der Waals surface area contributed by atoms with Gasteiger partial charge in [-0.3, -0.25) is 9.78 Å². The second-order valence-corrected chi connectivity index (χ2v) is 11.3. The first-order valence-corrected chi connectivity index (χ1v) is 14.5. The first-order valence-electron chi connectivity index (χ1n) is 13.0. The zero-order valence-electron chi connectivity index (χ0n) is 22.4. The van der Waals surface area contributed by atoms with Crippen LogP contribution in [-0.2, 0) is 25.1 Å². The lowest BCUT2D eigenvalue weighted by atomic mass is 9.86. The molecule has 0 aliphatic carbocycles. The maximum Gasteiger partial charge on any atom is 0.238 e. The van der Waals surface area contributed by atoms with Crippen LogP contribution >= 0.6 is 0 Å². The smallest absolute Gasteiger partial charge is 0.238 e. The van der Waals surface area contributed by atoms with E-state index in [4.69, 9.17) is 19.3 Å². The summed E-state index contributed by atoms with van der Waals surface area (Å²) in [7, 11) is -2.31. The van der Waals surface area contributed by atoms with Gasteiger partial charge in [-0.2, -0.15) is 0 Å². The Labute approximate surface area is 238 Å². The zero-order valence-corrected chi connectivity index (χ0v) is 23.2.